The summed E-state index contributed by atoms with van der Waals surface area (Å²) in [6.45, 7) is 2.36. The fourth-order valence-electron chi connectivity index (χ4n) is 2.69. The summed E-state index contributed by atoms with van der Waals surface area (Å²) in [5.41, 5.74) is 2.23. The standard InChI is InChI=1S/C15H24ClN3/c1-18(2)15-13(16)7-4-8-14(15)17-12-6-5-10-19(3)11-9-12/h4,7-8,12,17H,5-6,9-11H2,1-3H3. The van der Waals surface area contributed by atoms with Crippen LogP contribution in [0.2, 0.25) is 5.02 Å². The highest BCUT2D eigenvalue weighted by molar-refractivity contribution is 6.34. The molecular formula is C15H24ClN3. The lowest BCUT2D eigenvalue weighted by Gasteiger charge is -2.24. The predicted octanol–water partition coefficient (Wildman–Crippen LogP) is 3.30. The van der Waals surface area contributed by atoms with Crippen LogP contribution in [-0.4, -0.2) is 45.2 Å². The highest BCUT2D eigenvalue weighted by Crippen LogP contribution is 2.33. The van der Waals surface area contributed by atoms with Crippen LogP contribution in [0, 0.1) is 0 Å². The van der Waals surface area contributed by atoms with Gasteiger partial charge in [-0.3, -0.25) is 0 Å². The molecule has 1 N–H and O–H groups in total. The van der Waals surface area contributed by atoms with Gasteiger partial charge in [-0.2, -0.15) is 0 Å². The average Bonchev–Trinajstić information content (AvgIpc) is 2.54. The Balaban J connectivity index is 2.12. The molecule has 0 aliphatic carbocycles. The van der Waals surface area contributed by atoms with Crippen molar-refractivity contribution in [3.63, 3.8) is 0 Å². The zero-order chi connectivity index (χ0) is 13.8. The average molecular weight is 282 g/mol. The quantitative estimate of drug-likeness (QED) is 0.917. The summed E-state index contributed by atoms with van der Waals surface area (Å²) in [4.78, 5) is 4.49. The molecule has 1 heterocycles. The molecular weight excluding hydrogens is 258 g/mol. The van der Waals surface area contributed by atoms with E-state index in [-0.39, 0.29) is 0 Å². The second kappa shape index (κ2) is 6.49. The summed E-state index contributed by atoms with van der Waals surface area (Å²) < 4.78 is 0. The highest BCUT2D eigenvalue weighted by atomic mass is 35.5. The first-order valence-corrected chi connectivity index (χ1v) is 7.36. The number of hydrogen-bond acceptors (Lipinski definition) is 3. The van der Waals surface area contributed by atoms with Gasteiger partial charge in [-0.05, 0) is 51.5 Å². The molecule has 0 radical (unpaired) electrons. The zero-order valence-electron chi connectivity index (χ0n) is 12.1. The van der Waals surface area contributed by atoms with E-state index in [1.54, 1.807) is 0 Å². The van der Waals surface area contributed by atoms with Crippen molar-refractivity contribution in [2.45, 2.75) is 25.3 Å². The van der Waals surface area contributed by atoms with Crippen LogP contribution < -0.4 is 10.2 Å². The lowest BCUT2D eigenvalue weighted by atomic mass is 10.1. The largest absolute Gasteiger partial charge is 0.381 e. The SMILES string of the molecule is CN1CCCC(Nc2cccc(Cl)c2N(C)C)CC1. The number of rotatable bonds is 3. The van der Waals surface area contributed by atoms with Crippen LogP contribution in [0.15, 0.2) is 18.2 Å². The Hall–Kier alpha value is -0.930. The monoisotopic (exact) mass is 281 g/mol. The fourth-order valence-corrected chi connectivity index (χ4v) is 3.03. The molecule has 19 heavy (non-hydrogen) atoms. The number of anilines is 2. The van der Waals surface area contributed by atoms with Gasteiger partial charge < -0.3 is 15.1 Å². The highest BCUT2D eigenvalue weighted by Gasteiger charge is 2.17. The summed E-state index contributed by atoms with van der Waals surface area (Å²) >= 11 is 6.31. The number of benzene rings is 1. The van der Waals surface area contributed by atoms with E-state index in [1.807, 2.05) is 26.2 Å². The first kappa shape index (κ1) is 14.5. The van der Waals surface area contributed by atoms with Crippen molar-refractivity contribution in [1.29, 1.82) is 0 Å². The van der Waals surface area contributed by atoms with Gasteiger partial charge >= 0.3 is 0 Å². The lowest BCUT2D eigenvalue weighted by Crippen LogP contribution is -2.24. The van der Waals surface area contributed by atoms with Crippen molar-refractivity contribution in [2.24, 2.45) is 0 Å². The molecule has 0 amide bonds. The van der Waals surface area contributed by atoms with E-state index in [9.17, 15) is 0 Å². The van der Waals surface area contributed by atoms with Gasteiger partial charge in [0, 0.05) is 20.1 Å². The normalized spacial score (nSPS) is 20.9. The molecule has 1 aliphatic heterocycles. The van der Waals surface area contributed by atoms with Gasteiger partial charge in [-0.25, -0.2) is 0 Å². The van der Waals surface area contributed by atoms with E-state index in [0.717, 1.165) is 22.9 Å². The van der Waals surface area contributed by atoms with Crippen LogP contribution in [0.5, 0.6) is 0 Å². The van der Waals surface area contributed by atoms with E-state index >= 15 is 0 Å². The zero-order valence-corrected chi connectivity index (χ0v) is 12.9. The molecule has 1 aromatic rings. The van der Waals surface area contributed by atoms with Gasteiger partial charge in [-0.1, -0.05) is 17.7 Å². The number of halogens is 1. The van der Waals surface area contributed by atoms with Gasteiger partial charge in [0.05, 0.1) is 16.4 Å². The summed E-state index contributed by atoms with van der Waals surface area (Å²) in [7, 11) is 6.27. The summed E-state index contributed by atoms with van der Waals surface area (Å²) in [6.07, 6.45) is 3.67. The topological polar surface area (TPSA) is 18.5 Å². The van der Waals surface area contributed by atoms with E-state index in [2.05, 4.69) is 28.2 Å². The van der Waals surface area contributed by atoms with Crippen LogP contribution in [-0.2, 0) is 0 Å². The van der Waals surface area contributed by atoms with Gasteiger partial charge in [0.2, 0.25) is 0 Å². The second-order valence-corrected chi connectivity index (χ2v) is 6.01. The summed E-state index contributed by atoms with van der Waals surface area (Å²) in [5.74, 6) is 0. The van der Waals surface area contributed by atoms with Crippen molar-refractivity contribution in [1.82, 2.24) is 4.90 Å². The molecule has 3 nitrogen and oxygen atoms in total. The minimum absolute atomic E-state index is 0.544. The Morgan fingerprint density at radius 2 is 2.05 bits per heavy atom. The maximum absolute atomic E-state index is 6.31. The third-order valence-corrected chi connectivity index (χ3v) is 4.05. The van der Waals surface area contributed by atoms with Gasteiger partial charge in [-0.15, -0.1) is 0 Å². The first-order chi connectivity index (χ1) is 9.08. The lowest BCUT2D eigenvalue weighted by molar-refractivity contribution is 0.348. The number of para-hydroxylation sites is 1. The molecule has 1 fully saturated rings. The van der Waals surface area contributed by atoms with Crippen LogP contribution in [0.4, 0.5) is 11.4 Å². The van der Waals surface area contributed by atoms with Crippen LogP contribution in [0.25, 0.3) is 0 Å². The van der Waals surface area contributed by atoms with E-state index in [0.29, 0.717) is 6.04 Å². The molecule has 4 heteroatoms. The molecule has 1 atom stereocenters. The Kier molecular flexibility index (Phi) is 4.94. The third-order valence-electron chi connectivity index (χ3n) is 3.75. The molecule has 106 valence electrons. The van der Waals surface area contributed by atoms with Crippen LogP contribution in [0.1, 0.15) is 19.3 Å². The summed E-state index contributed by atoms with van der Waals surface area (Å²) in [6, 6.07) is 6.63. The number of hydrogen-bond donors (Lipinski definition) is 1. The van der Waals surface area contributed by atoms with Crippen molar-refractivity contribution in [3.8, 4) is 0 Å². The summed E-state index contributed by atoms with van der Waals surface area (Å²) in [5, 5.41) is 4.49. The fraction of sp³-hybridized carbons (Fsp3) is 0.600. The molecule has 0 aromatic heterocycles. The van der Waals surface area contributed by atoms with Crippen LogP contribution >= 0.6 is 11.6 Å². The minimum atomic E-state index is 0.544. The van der Waals surface area contributed by atoms with Crippen molar-refractivity contribution in [2.75, 3.05) is 44.4 Å². The van der Waals surface area contributed by atoms with Crippen LogP contribution in [0.3, 0.4) is 0 Å². The maximum atomic E-state index is 6.31. The van der Waals surface area contributed by atoms with Crippen molar-refractivity contribution >= 4 is 23.0 Å². The van der Waals surface area contributed by atoms with Crippen molar-refractivity contribution in [3.05, 3.63) is 23.2 Å². The molecule has 1 aromatic carbocycles. The Morgan fingerprint density at radius 3 is 2.79 bits per heavy atom. The smallest absolute Gasteiger partial charge is 0.0786 e. The molecule has 0 bridgehead atoms. The van der Waals surface area contributed by atoms with Gasteiger partial charge in [0.25, 0.3) is 0 Å². The second-order valence-electron chi connectivity index (χ2n) is 5.61. The van der Waals surface area contributed by atoms with E-state index < -0.39 is 0 Å². The molecule has 1 aliphatic rings. The first-order valence-electron chi connectivity index (χ1n) is 6.99. The molecule has 1 saturated heterocycles. The Bertz CT molecular complexity index is 420. The van der Waals surface area contributed by atoms with Gasteiger partial charge in [0.1, 0.15) is 0 Å². The molecule has 2 rings (SSSR count). The third kappa shape index (κ3) is 3.77. The Labute approximate surface area is 121 Å². The minimum Gasteiger partial charge on any atom is -0.381 e. The number of likely N-dealkylation sites (tertiary alicyclic amines) is 1. The molecule has 0 spiro atoms. The van der Waals surface area contributed by atoms with E-state index in [1.165, 1.54) is 25.8 Å². The molecule has 1 unspecified atom stereocenters. The molecule has 0 saturated carbocycles. The predicted molar refractivity (Wildman–Crippen MR) is 84.5 cm³/mol. The number of nitrogens with one attached hydrogen (secondary N) is 1. The number of nitrogens with zero attached hydrogens (tertiary/aromatic N) is 2. The Morgan fingerprint density at radius 1 is 1.26 bits per heavy atom. The van der Waals surface area contributed by atoms with E-state index in [4.69, 9.17) is 11.6 Å². The van der Waals surface area contributed by atoms with Crippen molar-refractivity contribution < 1.29 is 0 Å². The maximum Gasteiger partial charge on any atom is 0.0786 e. The van der Waals surface area contributed by atoms with Gasteiger partial charge in [0.15, 0.2) is 0 Å².